The van der Waals surface area contributed by atoms with Crippen LogP contribution in [0.3, 0.4) is 0 Å². The summed E-state index contributed by atoms with van der Waals surface area (Å²) >= 11 is 12.2. The van der Waals surface area contributed by atoms with E-state index in [4.69, 9.17) is 32.7 Å². The van der Waals surface area contributed by atoms with Gasteiger partial charge in [0.1, 0.15) is 11.5 Å². The van der Waals surface area contributed by atoms with E-state index in [1.165, 1.54) is 4.90 Å². The van der Waals surface area contributed by atoms with Gasteiger partial charge in [-0.05, 0) is 49.2 Å². The zero-order chi connectivity index (χ0) is 22.5. The molecule has 1 unspecified atom stereocenters. The van der Waals surface area contributed by atoms with Gasteiger partial charge in [0.15, 0.2) is 0 Å². The number of halogens is 2. The van der Waals surface area contributed by atoms with Crippen molar-refractivity contribution in [1.29, 1.82) is 0 Å². The van der Waals surface area contributed by atoms with Crippen molar-refractivity contribution in [2.24, 2.45) is 0 Å². The summed E-state index contributed by atoms with van der Waals surface area (Å²) in [5, 5.41) is 12.0. The third kappa shape index (κ3) is 4.87. The summed E-state index contributed by atoms with van der Waals surface area (Å²) < 4.78 is 10.6. The second-order valence-corrected chi connectivity index (χ2v) is 7.81. The lowest BCUT2D eigenvalue weighted by Gasteiger charge is -2.25. The van der Waals surface area contributed by atoms with Crippen molar-refractivity contribution in [3.05, 3.63) is 69.2 Å². The largest absolute Gasteiger partial charge is 0.507 e. The number of likely N-dealkylation sites (tertiary alicyclic amines) is 1. The highest BCUT2D eigenvalue weighted by Crippen LogP contribution is 2.40. The molecule has 1 N–H and O–H groups in total. The van der Waals surface area contributed by atoms with E-state index >= 15 is 0 Å². The Morgan fingerprint density at radius 1 is 1.13 bits per heavy atom. The van der Waals surface area contributed by atoms with Gasteiger partial charge < -0.3 is 19.5 Å². The normalized spacial score (nSPS) is 17.9. The number of nitrogens with zero attached hydrogens (tertiary/aromatic N) is 1. The first-order chi connectivity index (χ1) is 14.9. The van der Waals surface area contributed by atoms with Gasteiger partial charge in [-0.1, -0.05) is 35.3 Å². The van der Waals surface area contributed by atoms with Gasteiger partial charge >= 0.3 is 0 Å². The minimum absolute atomic E-state index is 0.00881. The maximum absolute atomic E-state index is 13.0. The number of rotatable bonds is 8. The van der Waals surface area contributed by atoms with Crippen LogP contribution in [0.25, 0.3) is 5.76 Å². The van der Waals surface area contributed by atoms with E-state index in [-0.39, 0.29) is 11.3 Å². The fourth-order valence-electron chi connectivity index (χ4n) is 3.55. The molecule has 31 heavy (non-hydrogen) atoms. The number of amides is 1. The van der Waals surface area contributed by atoms with Crippen molar-refractivity contribution in [3.8, 4) is 5.75 Å². The highest BCUT2D eigenvalue weighted by Gasteiger charge is 2.45. The quantitative estimate of drug-likeness (QED) is 0.262. The number of aliphatic hydroxyl groups is 1. The molecule has 2 aromatic carbocycles. The Labute approximate surface area is 191 Å². The van der Waals surface area contributed by atoms with Crippen molar-refractivity contribution >= 4 is 40.7 Å². The van der Waals surface area contributed by atoms with Gasteiger partial charge in [0.05, 0.1) is 23.2 Å². The number of aliphatic hydroxyl groups excluding tert-OH is 1. The Morgan fingerprint density at radius 3 is 2.48 bits per heavy atom. The van der Waals surface area contributed by atoms with Crippen molar-refractivity contribution < 1.29 is 24.2 Å². The zero-order valence-electron chi connectivity index (χ0n) is 17.2. The molecule has 1 amide bonds. The molecule has 1 fully saturated rings. The summed E-state index contributed by atoms with van der Waals surface area (Å²) in [5.41, 5.74) is 1.01. The summed E-state index contributed by atoms with van der Waals surface area (Å²) in [6, 6.07) is 10.8. The number of carbonyl (C=O) groups is 2. The summed E-state index contributed by atoms with van der Waals surface area (Å²) in [7, 11) is 1.57. The summed E-state index contributed by atoms with van der Waals surface area (Å²) in [6.45, 7) is 2.94. The lowest BCUT2D eigenvalue weighted by atomic mass is 9.95. The molecule has 6 nitrogen and oxygen atoms in total. The maximum atomic E-state index is 13.0. The number of hydrogen-bond donors (Lipinski definition) is 1. The molecule has 0 radical (unpaired) electrons. The highest BCUT2D eigenvalue weighted by molar-refractivity contribution is 6.46. The van der Waals surface area contributed by atoms with Crippen LogP contribution in [0.1, 0.15) is 30.5 Å². The van der Waals surface area contributed by atoms with Crippen LogP contribution < -0.4 is 4.74 Å². The van der Waals surface area contributed by atoms with Gasteiger partial charge in [-0.25, -0.2) is 0 Å². The van der Waals surface area contributed by atoms with Gasteiger partial charge in [-0.15, -0.1) is 0 Å². The van der Waals surface area contributed by atoms with Crippen LogP contribution in [0.15, 0.2) is 48.0 Å². The van der Waals surface area contributed by atoms with Crippen LogP contribution in [-0.2, 0) is 14.3 Å². The fraction of sp³-hybridized carbons (Fsp3) is 0.304. The zero-order valence-corrected chi connectivity index (χ0v) is 18.7. The number of hydrogen-bond acceptors (Lipinski definition) is 5. The van der Waals surface area contributed by atoms with Gasteiger partial charge in [-0.3, -0.25) is 9.59 Å². The number of ketones is 1. The van der Waals surface area contributed by atoms with Crippen molar-refractivity contribution in [3.63, 3.8) is 0 Å². The molecule has 0 bridgehead atoms. The first kappa shape index (κ1) is 23.1. The number of Topliss-reactive ketones (excluding diaryl/α,β-unsaturated/α-hetero) is 1. The van der Waals surface area contributed by atoms with Crippen LogP contribution in [0.4, 0.5) is 0 Å². The smallest absolute Gasteiger partial charge is 0.295 e. The second-order valence-electron chi connectivity index (χ2n) is 6.97. The van der Waals surface area contributed by atoms with E-state index in [2.05, 4.69) is 0 Å². The second kappa shape index (κ2) is 10.2. The van der Waals surface area contributed by atoms with Gasteiger partial charge in [-0.2, -0.15) is 0 Å². The Kier molecular flexibility index (Phi) is 7.59. The van der Waals surface area contributed by atoms with E-state index in [1.807, 2.05) is 6.92 Å². The predicted molar refractivity (Wildman–Crippen MR) is 120 cm³/mol. The molecular weight excluding hydrogens is 441 g/mol. The first-order valence-electron chi connectivity index (χ1n) is 9.84. The Bertz CT molecular complexity index is 1000. The molecule has 1 atom stereocenters. The van der Waals surface area contributed by atoms with Crippen LogP contribution in [0.5, 0.6) is 5.75 Å². The summed E-state index contributed by atoms with van der Waals surface area (Å²) in [4.78, 5) is 27.3. The molecule has 1 saturated heterocycles. The van der Waals surface area contributed by atoms with E-state index in [9.17, 15) is 14.7 Å². The standard InChI is InChI=1S/C23H23Cl2NO5/c1-3-31-18-13-15(7-10-17(18)25)21(27)19-20(14-5-8-16(24)9-6-14)26(11-4-12-30-2)23(29)22(19)28/h5-10,13,20,27H,3-4,11-12H2,1-2H3/b21-19-. The van der Waals surface area contributed by atoms with Gasteiger partial charge in [0.25, 0.3) is 11.7 Å². The molecule has 0 aromatic heterocycles. The lowest BCUT2D eigenvalue weighted by Crippen LogP contribution is -2.31. The Hall–Kier alpha value is -2.54. The molecule has 1 heterocycles. The minimum atomic E-state index is -0.750. The third-order valence-corrected chi connectivity index (χ3v) is 5.54. The van der Waals surface area contributed by atoms with E-state index in [1.54, 1.807) is 49.6 Å². The van der Waals surface area contributed by atoms with E-state index in [0.717, 1.165) is 0 Å². The molecule has 164 valence electrons. The van der Waals surface area contributed by atoms with Crippen molar-refractivity contribution in [2.75, 3.05) is 26.9 Å². The van der Waals surface area contributed by atoms with Crippen LogP contribution in [0, 0.1) is 0 Å². The molecular formula is C23H23Cl2NO5. The predicted octanol–water partition coefficient (Wildman–Crippen LogP) is 4.85. The van der Waals surface area contributed by atoms with Crippen LogP contribution in [-0.4, -0.2) is 48.6 Å². The summed E-state index contributed by atoms with van der Waals surface area (Å²) in [5.74, 6) is -1.32. The van der Waals surface area contributed by atoms with E-state index in [0.29, 0.717) is 53.1 Å². The van der Waals surface area contributed by atoms with Gasteiger partial charge in [0, 0.05) is 30.8 Å². The topological polar surface area (TPSA) is 76.1 Å². The lowest BCUT2D eigenvalue weighted by molar-refractivity contribution is -0.140. The molecule has 2 aromatic rings. The highest BCUT2D eigenvalue weighted by atomic mass is 35.5. The molecule has 0 spiro atoms. The molecule has 1 aliphatic heterocycles. The fourth-order valence-corrected chi connectivity index (χ4v) is 3.85. The number of methoxy groups -OCH3 is 1. The Morgan fingerprint density at radius 2 is 1.84 bits per heavy atom. The number of carbonyl (C=O) groups excluding carboxylic acids is 2. The third-order valence-electron chi connectivity index (χ3n) is 4.98. The minimum Gasteiger partial charge on any atom is -0.507 e. The maximum Gasteiger partial charge on any atom is 0.295 e. The molecule has 3 rings (SSSR count). The van der Waals surface area contributed by atoms with Crippen LogP contribution >= 0.6 is 23.2 Å². The molecule has 8 heteroatoms. The molecule has 0 saturated carbocycles. The summed E-state index contributed by atoms with van der Waals surface area (Å²) in [6.07, 6.45) is 0.545. The van der Waals surface area contributed by atoms with Crippen molar-refractivity contribution in [1.82, 2.24) is 4.90 Å². The molecule has 1 aliphatic rings. The van der Waals surface area contributed by atoms with Crippen molar-refractivity contribution in [2.45, 2.75) is 19.4 Å². The molecule has 0 aliphatic carbocycles. The SMILES string of the molecule is CCOc1cc(/C(O)=C2/C(=O)C(=O)N(CCCOC)C2c2ccc(Cl)cc2)ccc1Cl. The number of benzene rings is 2. The van der Waals surface area contributed by atoms with Gasteiger partial charge in [0.2, 0.25) is 0 Å². The Balaban J connectivity index is 2.12. The average Bonchev–Trinajstić information content (AvgIpc) is 3.00. The monoisotopic (exact) mass is 463 g/mol. The number of ether oxygens (including phenoxy) is 2. The first-order valence-corrected chi connectivity index (χ1v) is 10.6. The average molecular weight is 464 g/mol. The van der Waals surface area contributed by atoms with E-state index < -0.39 is 17.7 Å². The van der Waals surface area contributed by atoms with Crippen LogP contribution in [0.2, 0.25) is 10.0 Å².